The Kier molecular flexibility index (Phi) is 7.90. The topological polar surface area (TPSA) is 75.7 Å². The highest BCUT2D eigenvalue weighted by Gasteiger charge is 2.21. The van der Waals surface area contributed by atoms with Crippen molar-refractivity contribution in [1.82, 2.24) is 9.62 Å². The van der Waals surface area contributed by atoms with Gasteiger partial charge in [0.2, 0.25) is 15.9 Å². The van der Waals surface area contributed by atoms with Gasteiger partial charge in [-0.3, -0.25) is 4.79 Å². The summed E-state index contributed by atoms with van der Waals surface area (Å²) in [6.07, 6.45) is 0.990. The number of hydrogen-bond donors (Lipinski definition) is 1. The average Bonchev–Trinajstić information content (AvgIpc) is 2.62. The lowest BCUT2D eigenvalue weighted by Crippen LogP contribution is -2.40. The number of nitrogens with zero attached hydrogens (tertiary/aromatic N) is 1. The molecule has 0 saturated heterocycles. The van der Waals surface area contributed by atoms with Crippen molar-refractivity contribution in [3.63, 3.8) is 0 Å². The van der Waals surface area contributed by atoms with E-state index < -0.39 is 21.7 Å². The Labute approximate surface area is 159 Å². The zero-order valence-corrected chi connectivity index (χ0v) is 15.9. The first-order chi connectivity index (χ1) is 12.9. The van der Waals surface area contributed by atoms with E-state index in [2.05, 4.69) is 5.32 Å². The number of benzene rings is 2. The second-order valence-electron chi connectivity index (χ2n) is 6.01. The van der Waals surface area contributed by atoms with Crippen LogP contribution in [0.3, 0.4) is 0 Å². The Hall–Kier alpha value is -2.29. The Bertz CT molecular complexity index is 844. The molecule has 1 N–H and O–H groups in total. The Morgan fingerprint density at radius 1 is 1.11 bits per heavy atom. The summed E-state index contributed by atoms with van der Waals surface area (Å²) in [5, 5.41) is 2.61. The standard InChI is InChI=1S/C19H23FN2O4S/c1-27(24,25)22(13-17-9-5-6-10-18(17)20)14-19(23)21-11-12-26-15-16-7-3-2-4-8-16/h2-10H,11-15H2,1H3,(H,21,23). The summed E-state index contributed by atoms with van der Waals surface area (Å²) in [6.45, 7) is 0.393. The number of sulfonamides is 1. The summed E-state index contributed by atoms with van der Waals surface area (Å²) < 4.78 is 44.0. The van der Waals surface area contributed by atoms with E-state index in [-0.39, 0.29) is 25.2 Å². The summed E-state index contributed by atoms with van der Waals surface area (Å²) in [4.78, 5) is 12.0. The minimum Gasteiger partial charge on any atom is -0.375 e. The van der Waals surface area contributed by atoms with Crippen molar-refractivity contribution in [2.75, 3.05) is 26.0 Å². The van der Waals surface area contributed by atoms with Gasteiger partial charge in [0.1, 0.15) is 5.82 Å². The zero-order chi connectivity index (χ0) is 19.7. The third-order valence-electron chi connectivity index (χ3n) is 3.77. The van der Waals surface area contributed by atoms with Crippen LogP contribution in [0.25, 0.3) is 0 Å². The highest BCUT2D eigenvalue weighted by molar-refractivity contribution is 7.88. The zero-order valence-electron chi connectivity index (χ0n) is 15.1. The van der Waals surface area contributed by atoms with Crippen LogP contribution in [0.5, 0.6) is 0 Å². The fraction of sp³-hybridized carbons (Fsp3) is 0.316. The molecule has 0 aliphatic rings. The molecule has 2 aromatic carbocycles. The third-order valence-corrected chi connectivity index (χ3v) is 4.97. The van der Waals surface area contributed by atoms with E-state index in [1.54, 1.807) is 6.07 Å². The molecule has 0 atom stereocenters. The first kappa shape index (κ1) is 21.0. The van der Waals surface area contributed by atoms with Gasteiger partial charge in [-0.25, -0.2) is 12.8 Å². The SMILES string of the molecule is CS(=O)(=O)N(CC(=O)NCCOCc1ccccc1)Cc1ccccc1F. The number of rotatable bonds is 10. The number of halogens is 1. The molecule has 0 aliphatic heterocycles. The normalized spacial score (nSPS) is 11.5. The number of carbonyl (C=O) groups is 1. The van der Waals surface area contributed by atoms with Gasteiger partial charge >= 0.3 is 0 Å². The lowest BCUT2D eigenvalue weighted by Gasteiger charge is -2.20. The highest BCUT2D eigenvalue weighted by atomic mass is 32.2. The maximum atomic E-state index is 13.8. The maximum absolute atomic E-state index is 13.8. The van der Waals surface area contributed by atoms with Crippen molar-refractivity contribution in [2.24, 2.45) is 0 Å². The van der Waals surface area contributed by atoms with Crippen molar-refractivity contribution >= 4 is 15.9 Å². The predicted octanol–water partition coefficient (Wildman–Crippen LogP) is 1.92. The number of ether oxygens (including phenoxy) is 1. The molecule has 0 saturated carbocycles. The molecule has 0 bridgehead atoms. The third kappa shape index (κ3) is 7.46. The second kappa shape index (κ2) is 10.1. The summed E-state index contributed by atoms with van der Waals surface area (Å²) in [6, 6.07) is 15.5. The molecule has 146 valence electrons. The molecule has 2 rings (SSSR count). The van der Waals surface area contributed by atoms with Crippen LogP contribution in [0.15, 0.2) is 54.6 Å². The Morgan fingerprint density at radius 2 is 1.78 bits per heavy atom. The van der Waals surface area contributed by atoms with Crippen LogP contribution in [0.4, 0.5) is 4.39 Å². The van der Waals surface area contributed by atoms with Gasteiger partial charge in [-0.1, -0.05) is 48.5 Å². The van der Waals surface area contributed by atoms with Crippen molar-refractivity contribution in [3.8, 4) is 0 Å². The number of carbonyl (C=O) groups excluding carboxylic acids is 1. The molecule has 2 aromatic rings. The van der Waals surface area contributed by atoms with Gasteiger partial charge in [0, 0.05) is 18.7 Å². The Morgan fingerprint density at radius 3 is 2.44 bits per heavy atom. The fourth-order valence-electron chi connectivity index (χ4n) is 2.35. The fourth-order valence-corrected chi connectivity index (χ4v) is 3.08. The minimum absolute atomic E-state index is 0.205. The molecule has 0 fully saturated rings. The maximum Gasteiger partial charge on any atom is 0.235 e. The first-order valence-electron chi connectivity index (χ1n) is 8.43. The predicted molar refractivity (Wildman–Crippen MR) is 101 cm³/mol. The van der Waals surface area contributed by atoms with Crippen LogP contribution in [0.2, 0.25) is 0 Å². The lowest BCUT2D eigenvalue weighted by atomic mass is 10.2. The summed E-state index contributed by atoms with van der Waals surface area (Å²) in [5.74, 6) is -0.985. The van der Waals surface area contributed by atoms with Gasteiger partial charge in [0.25, 0.3) is 0 Å². The number of nitrogens with one attached hydrogen (secondary N) is 1. The molecule has 0 radical (unpaired) electrons. The van der Waals surface area contributed by atoms with Crippen molar-refractivity contribution < 1.29 is 22.3 Å². The molecular weight excluding hydrogens is 371 g/mol. The van der Waals surface area contributed by atoms with Crippen LogP contribution in [0, 0.1) is 5.82 Å². The second-order valence-corrected chi connectivity index (χ2v) is 7.99. The molecule has 27 heavy (non-hydrogen) atoms. The smallest absolute Gasteiger partial charge is 0.235 e. The molecule has 6 nitrogen and oxygen atoms in total. The van der Waals surface area contributed by atoms with Crippen LogP contribution in [0.1, 0.15) is 11.1 Å². The van der Waals surface area contributed by atoms with Crippen LogP contribution < -0.4 is 5.32 Å². The van der Waals surface area contributed by atoms with Crippen LogP contribution in [-0.4, -0.2) is 44.6 Å². The molecular formula is C19H23FN2O4S. The first-order valence-corrected chi connectivity index (χ1v) is 10.3. The largest absolute Gasteiger partial charge is 0.375 e. The van der Waals surface area contributed by atoms with Gasteiger partial charge in [0.15, 0.2) is 0 Å². The van der Waals surface area contributed by atoms with E-state index in [9.17, 15) is 17.6 Å². The molecule has 0 aliphatic carbocycles. The summed E-state index contributed by atoms with van der Waals surface area (Å²) in [5.41, 5.74) is 1.24. The van der Waals surface area contributed by atoms with Crippen molar-refractivity contribution in [1.29, 1.82) is 0 Å². The molecule has 0 heterocycles. The molecule has 0 aromatic heterocycles. The molecule has 0 spiro atoms. The average molecular weight is 394 g/mol. The quantitative estimate of drug-likeness (QED) is 0.625. The van der Waals surface area contributed by atoms with Gasteiger partial charge in [-0.2, -0.15) is 4.31 Å². The van der Waals surface area contributed by atoms with Crippen LogP contribution in [-0.2, 0) is 32.7 Å². The minimum atomic E-state index is -3.67. The summed E-state index contributed by atoms with van der Waals surface area (Å²) >= 11 is 0. The molecule has 0 unspecified atom stereocenters. The van der Waals surface area contributed by atoms with E-state index in [1.165, 1.54) is 18.2 Å². The van der Waals surface area contributed by atoms with Gasteiger partial charge in [0.05, 0.1) is 26.0 Å². The summed E-state index contributed by atoms with van der Waals surface area (Å²) in [7, 11) is -3.67. The Balaban J connectivity index is 1.79. The van der Waals surface area contributed by atoms with E-state index in [0.29, 0.717) is 13.2 Å². The van der Waals surface area contributed by atoms with E-state index in [0.717, 1.165) is 16.1 Å². The van der Waals surface area contributed by atoms with Crippen LogP contribution >= 0.6 is 0 Å². The van der Waals surface area contributed by atoms with Crippen molar-refractivity contribution in [3.05, 3.63) is 71.5 Å². The molecule has 8 heteroatoms. The molecule has 1 amide bonds. The highest BCUT2D eigenvalue weighted by Crippen LogP contribution is 2.12. The van der Waals surface area contributed by atoms with Gasteiger partial charge in [-0.15, -0.1) is 0 Å². The monoisotopic (exact) mass is 394 g/mol. The van der Waals surface area contributed by atoms with Gasteiger partial charge in [-0.05, 0) is 11.6 Å². The lowest BCUT2D eigenvalue weighted by molar-refractivity contribution is -0.121. The van der Waals surface area contributed by atoms with E-state index in [1.807, 2.05) is 30.3 Å². The van der Waals surface area contributed by atoms with Gasteiger partial charge < -0.3 is 10.1 Å². The van der Waals surface area contributed by atoms with E-state index in [4.69, 9.17) is 4.74 Å². The number of amides is 1. The van der Waals surface area contributed by atoms with E-state index >= 15 is 0 Å². The van der Waals surface area contributed by atoms with Crippen molar-refractivity contribution in [2.45, 2.75) is 13.2 Å². The number of hydrogen-bond acceptors (Lipinski definition) is 4.